The van der Waals surface area contributed by atoms with Crippen molar-refractivity contribution in [3.05, 3.63) is 35.9 Å². The average molecular weight is 235 g/mol. The van der Waals surface area contributed by atoms with Gasteiger partial charge in [0.15, 0.2) is 5.96 Å². The first-order valence-electron chi connectivity index (χ1n) is 5.46. The highest BCUT2D eigenvalue weighted by Crippen LogP contribution is 2.02. The van der Waals surface area contributed by atoms with Crippen molar-refractivity contribution in [2.45, 2.75) is 19.4 Å². The van der Waals surface area contributed by atoms with Crippen molar-refractivity contribution in [1.29, 1.82) is 5.41 Å². The first-order chi connectivity index (χ1) is 8.18. The zero-order valence-corrected chi connectivity index (χ0v) is 9.61. The highest BCUT2D eigenvalue weighted by molar-refractivity contribution is 5.74. The molecule has 0 aliphatic heterocycles. The molecule has 0 aliphatic carbocycles. The molecule has 0 saturated carbocycles. The number of esters is 1. The number of hydrogen-bond donors (Lipinski definition) is 3. The van der Waals surface area contributed by atoms with E-state index in [1.54, 1.807) is 0 Å². The van der Waals surface area contributed by atoms with Gasteiger partial charge in [-0.3, -0.25) is 10.2 Å². The van der Waals surface area contributed by atoms with Crippen LogP contribution >= 0.6 is 0 Å². The van der Waals surface area contributed by atoms with E-state index < -0.39 is 0 Å². The van der Waals surface area contributed by atoms with Gasteiger partial charge in [0.2, 0.25) is 0 Å². The molecule has 92 valence electrons. The Hall–Kier alpha value is -2.04. The minimum absolute atomic E-state index is 0.0809. The Morgan fingerprint density at radius 3 is 2.71 bits per heavy atom. The molecule has 1 aromatic carbocycles. The molecule has 0 amide bonds. The molecule has 0 heterocycles. The van der Waals surface area contributed by atoms with E-state index in [9.17, 15) is 4.79 Å². The van der Waals surface area contributed by atoms with Gasteiger partial charge in [0, 0.05) is 13.0 Å². The topological polar surface area (TPSA) is 88.2 Å². The molecule has 0 atom stereocenters. The van der Waals surface area contributed by atoms with Crippen LogP contribution in [0.5, 0.6) is 0 Å². The summed E-state index contributed by atoms with van der Waals surface area (Å²) in [5.74, 6) is -0.318. The van der Waals surface area contributed by atoms with Crippen molar-refractivity contribution in [2.24, 2.45) is 5.73 Å². The van der Waals surface area contributed by atoms with E-state index >= 15 is 0 Å². The van der Waals surface area contributed by atoms with Crippen LogP contribution in [0.1, 0.15) is 18.4 Å². The molecule has 0 spiro atoms. The lowest BCUT2D eigenvalue weighted by molar-refractivity contribution is -0.145. The second kappa shape index (κ2) is 7.27. The third-order valence-corrected chi connectivity index (χ3v) is 2.12. The number of benzene rings is 1. The first kappa shape index (κ1) is 13.0. The van der Waals surface area contributed by atoms with Gasteiger partial charge in [-0.15, -0.1) is 0 Å². The minimum Gasteiger partial charge on any atom is -0.461 e. The molecule has 0 saturated heterocycles. The lowest BCUT2D eigenvalue weighted by Crippen LogP contribution is -2.31. The molecule has 0 fully saturated rings. The molecule has 5 heteroatoms. The summed E-state index contributed by atoms with van der Waals surface area (Å²) < 4.78 is 5.08. The Labute approximate surface area is 100 Å². The van der Waals surface area contributed by atoms with Gasteiger partial charge in [-0.2, -0.15) is 0 Å². The number of carbonyl (C=O) groups is 1. The summed E-state index contributed by atoms with van der Waals surface area (Å²) in [6.45, 7) is 0.815. The Morgan fingerprint density at radius 1 is 1.35 bits per heavy atom. The number of ether oxygens (including phenoxy) is 1. The lowest BCUT2D eigenvalue weighted by atomic mass is 10.2. The van der Waals surface area contributed by atoms with E-state index in [4.69, 9.17) is 15.9 Å². The van der Waals surface area contributed by atoms with E-state index in [0.29, 0.717) is 26.0 Å². The number of nitrogens with two attached hydrogens (primary N) is 1. The molecule has 0 unspecified atom stereocenters. The van der Waals surface area contributed by atoms with Gasteiger partial charge in [-0.1, -0.05) is 30.3 Å². The molecule has 4 N–H and O–H groups in total. The van der Waals surface area contributed by atoms with Crippen LogP contribution < -0.4 is 11.1 Å². The number of carbonyl (C=O) groups excluding carboxylic acids is 1. The SMILES string of the molecule is N=C(N)NCCCC(=O)OCc1ccccc1. The van der Waals surface area contributed by atoms with E-state index in [-0.39, 0.29) is 11.9 Å². The summed E-state index contributed by atoms with van der Waals surface area (Å²) >= 11 is 0. The van der Waals surface area contributed by atoms with Crippen LogP contribution in [0.3, 0.4) is 0 Å². The van der Waals surface area contributed by atoms with Crippen LogP contribution in [0.25, 0.3) is 0 Å². The van der Waals surface area contributed by atoms with Crippen LogP contribution in [0.2, 0.25) is 0 Å². The quantitative estimate of drug-likeness (QED) is 0.297. The van der Waals surface area contributed by atoms with E-state index in [2.05, 4.69) is 5.32 Å². The van der Waals surface area contributed by atoms with Crippen LogP contribution in [0, 0.1) is 5.41 Å². The standard InChI is InChI=1S/C12H17N3O2/c13-12(14)15-8-4-7-11(16)17-9-10-5-2-1-3-6-10/h1-3,5-6H,4,7-9H2,(H4,13,14,15). The number of guanidine groups is 1. The average Bonchev–Trinajstić information content (AvgIpc) is 2.33. The summed E-state index contributed by atoms with van der Waals surface area (Å²) in [6.07, 6.45) is 0.931. The number of nitrogens with one attached hydrogen (secondary N) is 2. The van der Waals surface area contributed by atoms with Gasteiger partial charge < -0.3 is 15.8 Å². The Bertz CT molecular complexity index is 365. The molecule has 0 radical (unpaired) electrons. The third kappa shape index (κ3) is 6.19. The summed E-state index contributed by atoms with van der Waals surface area (Å²) in [6, 6.07) is 9.54. The molecule has 5 nitrogen and oxygen atoms in total. The molecular weight excluding hydrogens is 218 g/mol. The van der Waals surface area contributed by atoms with Gasteiger partial charge in [0.1, 0.15) is 6.61 Å². The predicted octanol–water partition coefficient (Wildman–Crippen LogP) is 0.993. The van der Waals surface area contributed by atoms with Crippen molar-refractivity contribution in [3.8, 4) is 0 Å². The molecule has 1 rings (SSSR count). The van der Waals surface area contributed by atoms with E-state index in [1.807, 2.05) is 30.3 Å². The normalized spacial score (nSPS) is 9.65. The van der Waals surface area contributed by atoms with Crippen molar-refractivity contribution in [3.63, 3.8) is 0 Å². The Morgan fingerprint density at radius 2 is 2.06 bits per heavy atom. The molecule has 17 heavy (non-hydrogen) atoms. The fraction of sp³-hybridized carbons (Fsp3) is 0.333. The predicted molar refractivity (Wildman–Crippen MR) is 65.4 cm³/mol. The largest absolute Gasteiger partial charge is 0.461 e. The molecular formula is C12H17N3O2. The van der Waals surface area contributed by atoms with Crippen LogP contribution in [-0.4, -0.2) is 18.5 Å². The monoisotopic (exact) mass is 235 g/mol. The van der Waals surface area contributed by atoms with E-state index in [0.717, 1.165) is 5.56 Å². The minimum atomic E-state index is -0.237. The highest BCUT2D eigenvalue weighted by Gasteiger charge is 2.02. The van der Waals surface area contributed by atoms with Crippen molar-refractivity contribution >= 4 is 11.9 Å². The maximum Gasteiger partial charge on any atom is 0.306 e. The second-order valence-corrected chi connectivity index (χ2v) is 3.59. The fourth-order valence-corrected chi connectivity index (χ4v) is 1.27. The van der Waals surface area contributed by atoms with Gasteiger partial charge in [0.05, 0.1) is 0 Å². The third-order valence-electron chi connectivity index (χ3n) is 2.12. The van der Waals surface area contributed by atoms with Crippen LogP contribution in [0.15, 0.2) is 30.3 Å². The smallest absolute Gasteiger partial charge is 0.306 e. The van der Waals surface area contributed by atoms with E-state index in [1.165, 1.54) is 0 Å². The molecule has 0 aliphatic rings. The summed E-state index contributed by atoms with van der Waals surface area (Å²) in [7, 11) is 0. The summed E-state index contributed by atoms with van der Waals surface area (Å²) in [5, 5.41) is 9.55. The highest BCUT2D eigenvalue weighted by atomic mass is 16.5. The molecule has 0 bridgehead atoms. The Balaban J connectivity index is 2.11. The summed E-state index contributed by atoms with van der Waals surface area (Å²) in [4.78, 5) is 11.3. The van der Waals surface area contributed by atoms with Gasteiger partial charge in [-0.25, -0.2) is 0 Å². The van der Waals surface area contributed by atoms with Gasteiger partial charge >= 0.3 is 5.97 Å². The van der Waals surface area contributed by atoms with Crippen molar-refractivity contribution in [2.75, 3.05) is 6.54 Å². The molecule has 1 aromatic rings. The maximum atomic E-state index is 11.3. The number of hydrogen-bond acceptors (Lipinski definition) is 3. The van der Waals surface area contributed by atoms with Gasteiger partial charge in [-0.05, 0) is 12.0 Å². The van der Waals surface area contributed by atoms with Gasteiger partial charge in [0.25, 0.3) is 0 Å². The zero-order chi connectivity index (χ0) is 12.5. The number of rotatable bonds is 6. The first-order valence-corrected chi connectivity index (χ1v) is 5.46. The lowest BCUT2D eigenvalue weighted by Gasteiger charge is -2.05. The van der Waals surface area contributed by atoms with Crippen molar-refractivity contribution in [1.82, 2.24) is 5.32 Å². The van der Waals surface area contributed by atoms with Crippen LogP contribution in [-0.2, 0) is 16.1 Å². The van der Waals surface area contributed by atoms with Crippen molar-refractivity contribution < 1.29 is 9.53 Å². The maximum absolute atomic E-state index is 11.3. The zero-order valence-electron chi connectivity index (χ0n) is 9.61. The fourth-order valence-electron chi connectivity index (χ4n) is 1.27. The Kier molecular flexibility index (Phi) is 5.57. The van der Waals surface area contributed by atoms with Crippen LogP contribution in [0.4, 0.5) is 0 Å². The second-order valence-electron chi connectivity index (χ2n) is 3.59. The molecule has 0 aromatic heterocycles. The summed E-state index contributed by atoms with van der Waals surface area (Å²) in [5.41, 5.74) is 6.07.